The van der Waals surface area contributed by atoms with Crippen molar-refractivity contribution in [2.24, 2.45) is 0 Å². The largest absolute Gasteiger partial charge is 0.496 e. The number of aliphatic hydroxyl groups is 2. The maximum absolute atomic E-state index is 11.6. The van der Waals surface area contributed by atoms with Gasteiger partial charge in [-0.2, -0.15) is 0 Å². The van der Waals surface area contributed by atoms with E-state index in [0.29, 0.717) is 22.6 Å². The fourth-order valence-electron chi connectivity index (χ4n) is 1.42. The van der Waals surface area contributed by atoms with Crippen LogP contribution in [0, 0.1) is 6.92 Å². The van der Waals surface area contributed by atoms with E-state index in [0.717, 1.165) is 0 Å². The number of hydrogen-bond donors (Lipinski definition) is 2. The molecule has 2 N–H and O–H groups in total. The summed E-state index contributed by atoms with van der Waals surface area (Å²) in [5.41, 5.74) is 0.465. The van der Waals surface area contributed by atoms with Gasteiger partial charge >= 0.3 is 5.63 Å². The van der Waals surface area contributed by atoms with E-state index < -0.39 is 17.8 Å². The van der Waals surface area contributed by atoms with Gasteiger partial charge in [0.1, 0.15) is 11.5 Å². The van der Waals surface area contributed by atoms with Crippen LogP contribution >= 0.6 is 0 Å². The zero-order valence-corrected chi connectivity index (χ0v) is 10.9. The molecule has 0 radical (unpaired) electrons. The van der Waals surface area contributed by atoms with Crippen molar-refractivity contribution < 1.29 is 19.4 Å². The van der Waals surface area contributed by atoms with Crippen LogP contribution in [0.15, 0.2) is 21.4 Å². The molecule has 1 aromatic heterocycles. The summed E-state index contributed by atoms with van der Waals surface area (Å²) in [4.78, 5) is 11.6. The second-order valence-corrected chi connectivity index (χ2v) is 4.17. The maximum Gasteiger partial charge on any atom is 0.342 e. The van der Waals surface area contributed by atoms with Gasteiger partial charge in [0.2, 0.25) is 0 Å². The molecule has 0 amide bonds. The molecule has 1 rings (SSSR count). The summed E-state index contributed by atoms with van der Waals surface area (Å²) in [5.74, 6) is 0.739. The quantitative estimate of drug-likeness (QED) is 0.841. The Morgan fingerprint density at radius 1 is 1.50 bits per heavy atom. The highest BCUT2D eigenvalue weighted by atomic mass is 16.5. The van der Waals surface area contributed by atoms with E-state index >= 15 is 0 Å². The van der Waals surface area contributed by atoms with E-state index in [1.807, 2.05) is 0 Å². The standard InChI is InChI=1S/C13H18O5/c1-7(5-10(15)9(3)14)11-6-12(17-4)8(2)13(16)18-11/h5-6,9-10,14-15H,1-4H3. The SMILES string of the molecule is COc1cc(C(C)=CC(O)C(C)O)oc(=O)c1C. The molecule has 5 nitrogen and oxygen atoms in total. The second kappa shape index (κ2) is 5.84. The number of aliphatic hydroxyl groups excluding tert-OH is 2. The summed E-state index contributed by atoms with van der Waals surface area (Å²) >= 11 is 0. The van der Waals surface area contributed by atoms with Gasteiger partial charge in [0.15, 0.2) is 0 Å². The lowest BCUT2D eigenvalue weighted by Gasteiger charge is -2.11. The molecule has 18 heavy (non-hydrogen) atoms. The highest BCUT2D eigenvalue weighted by Crippen LogP contribution is 2.21. The Balaban J connectivity index is 3.18. The third-order valence-electron chi connectivity index (χ3n) is 2.66. The topological polar surface area (TPSA) is 79.9 Å². The van der Waals surface area contributed by atoms with Crippen LogP contribution in [0.4, 0.5) is 0 Å². The van der Waals surface area contributed by atoms with Crippen molar-refractivity contribution in [2.75, 3.05) is 7.11 Å². The summed E-state index contributed by atoms with van der Waals surface area (Å²) in [6.07, 6.45) is -0.473. The zero-order valence-electron chi connectivity index (χ0n) is 10.9. The molecule has 0 saturated heterocycles. The fraction of sp³-hybridized carbons (Fsp3) is 0.462. The summed E-state index contributed by atoms with van der Waals surface area (Å²) in [5, 5.41) is 18.7. The normalized spacial score (nSPS) is 15.3. The second-order valence-electron chi connectivity index (χ2n) is 4.17. The molecule has 100 valence electrons. The van der Waals surface area contributed by atoms with Gasteiger partial charge in [-0.25, -0.2) is 4.79 Å². The molecule has 0 aliphatic heterocycles. The van der Waals surface area contributed by atoms with Crippen LogP contribution in [0.25, 0.3) is 5.57 Å². The predicted molar refractivity (Wildman–Crippen MR) is 67.6 cm³/mol. The number of allylic oxidation sites excluding steroid dienone is 1. The van der Waals surface area contributed by atoms with Crippen molar-refractivity contribution in [3.05, 3.63) is 33.9 Å². The average molecular weight is 254 g/mol. The van der Waals surface area contributed by atoms with Crippen LogP contribution in [0.5, 0.6) is 5.75 Å². The molecule has 1 aromatic rings. The molecule has 0 fully saturated rings. The Labute approximate surface area is 105 Å². The van der Waals surface area contributed by atoms with Crippen LogP contribution in [-0.2, 0) is 0 Å². The Bertz CT molecular complexity index is 499. The van der Waals surface area contributed by atoms with Gasteiger partial charge in [-0.05, 0) is 32.4 Å². The lowest BCUT2D eigenvalue weighted by molar-refractivity contribution is 0.0621. The van der Waals surface area contributed by atoms with Crippen molar-refractivity contribution in [1.29, 1.82) is 0 Å². The predicted octanol–water partition coefficient (Wildman–Crippen LogP) is 1.10. The Morgan fingerprint density at radius 3 is 2.61 bits per heavy atom. The van der Waals surface area contributed by atoms with E-state index in [1.165, 1.54) is 20.1 Å². The van der Waals surface area contributed by atoms with E-state index in [2.05, 4.69) is 0 Å². The van der Waals surface area contributed by atoms with Crippen molar-refractivity contribution in [2.45, 2.75) is 33.0 Å². The Morgan fingerprint density at radius 2 is 2.11 bits per heavy atom. The third kappa shape index (κ3) is 3.21. The van der Waals surface area contributed by atoms with Gasteiger partial charge in [-0.3, -0.25) is 0 Å². The third-order valence-corrected chi connectivity index (χ3v) is 2.66. The molecule has 2 unspecified atom stereocenters. The molecule has 0 bridgehead atoms. The van der Waals surface area contributed by atoms with Crippen molar-refractivity contribution in [3.63, 3.8) is 0 Å². The van der Waals surface area contributed by atoms with Crippen molar-refractivity contribution in [3.8, 4) is 5.75 Å². The van der Waals surface area contributed by atoms with Gasteiger partial charge < -0.3 is 19.4 Å². The van der Waals surface area contributed by atoms with Crippen molar-refractivity contribution >= 4 is 5.57 Å². The number of methoxy groups -OCH3 is 1. The van der Waals surface area contributed by atoms with Gasteiger partial charge in [0.25, 0.3) is 0 Å². The lowest BCUT2D eigenvalue weighted by atomic mass is 10.1. The van der Waals surface area contributed by atoms with E-state index in [9.17, 15) is 15.0 Å². The molecule has 0 saturated carbocycles. The van der Waals surface area contributed by atoms with Crippen LogP contribution in [0.3, 0.4) is 0 Å². The van der Waals surface area contributed by atoms with E-state index in [1.54, 1.807) is 19.9 Å². The minimum atomic E-state index is -1.01. The average Bonchev–Trinajstić information content (AvgIpc) is 2.32. The van der Waals surface area contributed by atoms with Crippen LogP contribution in [-0.4, -0.2) is 29.5 Å². The highest BCUT2D eigenvalue weighted by Gasteiger charge is 2.12. The summed E-state index contributed by atoms with van der Waals surface area (Å²) in [6.45, 7) is 4.76. The first-order chi connectivity index (χ1) is 8.36. The number of hydrogen-bond acceptors (Lipinski definition) is 5. The van der Waals surface area contributed by atoms with Crippen LogP contribution < -0.4 is 10.4 Å². The minimum absolute atomic E-state index is 0.308. The first kappa shape index (κ1) is 14.5. The molecule has 0 spiro atoms. The lowest BCUT2D eigenvalue weighted by Crippen LogP contribution is -2.20. The van der Waals surface area contributed by atoms with E-state index in [-0.39, 0.29) is 0 Å². The monoisotopic (exact) mass is 254 g/mol. The molecular formula is C13H18O5. The van der Waals surface area contributed by atoms with Crippen molar-refractivity contribution in [1.82, 2.24) is 0 Å². The molecule has 0 aromatic carbocycles. The van der Waals surface area contributed by atoms with Crippen LogP contribution in [0.1, 0.15) is 25.2 Å². The Kier molecular flexibility index (Phi) is 4.69. The first-order valence-corrected chi connectivity index (χ1v) is 5.60. The highest BCUT2D eigenvalue weighted by molar-refractivity contribution is 5.61. The van der Waals surface area contributed by atoms with Gasteiger partial charge in [-0.15, -0.1) is 0 Å². The van der Waals surface area contributed by atoms with Crippen LogP contribution in [0.2, 0.25) is 0 Å². The van der Waals surface area contributed by atoms with Gasteiger partial charge in [0.05, 0.1) is 24.9 Å². The molecule has 1 heterocycles. The van der Waals surface area contributed by atoms with E-state index in [4.69, 9.17) is 9.15 Å². The minimum Gasteiger partial charge on any atom is -0.496 e. The molecule has 2 atom stereocenters. The van der Waals surface area contributed by atoms with Gasteiger partial charge in [0, 0.05) is 6.07 Å². The Hall–Kier alpha value is -1.59. The fourth-order valence-corrected chi connectivity index (χ4v) is 1.42. The number of ether oxygens (including phenoxy) is 1. The maximum atomic E-state index is 11.6. The molecule has 0 aliphatic rings. The molecule has 5 heteroatoms. The first-order valence-electron chi connectivity index (χ1n) is 5.60. The number of rotatable bonds is 4. The van der Waals surface area contributed by atoms with Gasteiger partial charge in [-0.1, -0.05) is 0 Å². The zero-order chi connectivity index (χ0) is 13.9. The summed E-state index contributed by atoms with van der Waals surface area (Å²) in [6, 6.07) is 1.58. The smallest absolute Gasteiger partial charge is 0.342 e. The molecule has 0 aliphatic carbocycles. The summed E-state index contributed by atoms with van der Waals surface area (Å²) in [7, 11) is 1.47. The summed E-state index contributed by atoms with van der Waals surface area (Å²) < 4.78 is 10.2. The molecular weight excluding hydrogens is 236 g/mol.